The van der Waals surface area contributed by atoms with E-state index in [1.54, 1.807) is 30.3 Å². The highest BCUT2D eigenvalue weighted by molar-refractivity contribution is 7.89. The van der Waals surface area contributed by atoms with Crippen molar-refractivity contribution < 1.29 is 27.5 Å². The van der Waals surface area contributed by atoms with Crippen LogP contribution in [0.3, 0.4) is 0 Å². The minimum Gasteiger partial charge on any atom is -0.454 e. The lowest BCUT2D eigenvalue weighted by Crippen LogP contribution is -2.29. The summed E-state index contributed by atoms with van der Waals surface area (Å²) >= 11 is 0. The summed E-state index contributed by atoms with van der Waals surface area (Å²) in [5.41, 5.74) is 0.806. The number of sulfonamides is 1. The molecule has 158 valence electrons. The molecular weight excluding hydrogens is 410 g/mol. The van der Waals surface area contributed by atoms with E-state index in [0.717, 1.165) is 4.31 Å². The molecule has 4 rings (SSSR count). The van der Waals surface area contributed by atoms with Gasteiger partial charge in [0.1, 0.15) is 4.90 Å². The highest BCUT2D eigenvalue weighted by atomic mass is 32.2. The van der Waals surface area contributed by atoms with Crippen molar-refractivity contribution in [2.24, 2.45) is 5.92 Å². The van der Waals surface area contributed by atoms with Crippen molar-refractivity contribution >= 4 is 33.2 Å². The van der Waals surface area contributed by atoms with Gasteiger partial charge in [-0.05, 0) is 24.3 Å². The number of fused-ring (bicyclic) bond motifs is 1. The summed E-state index contributed by atoms with van der Waals surface area (Å²) in [6, 6.07) is 11.4. The van der Waals surface area contributed by atoms with E-state index in [1.165, 1.54) is 31.1 Å². The van der Waals surface area contributed by atoms with E-state index in [0.29, 0.717) is 17.2 Å². The van der Waals surface area contributed by atoms with Crippen LogP contribution in [0.25, 0.3) is 0 Å². The average Bonchev–Trinajstić information content (AvgIpc) is 3.34. The maximum absolute atomic E-state index is 12.8. The Morgan fingerprint density at radius 1 is 1.13 bits per heavy atom. The van der Waals surface area contributed by atoms with E-state index in [1.807, 2.05) is 0 Å². The van der Waals surface area contributed by atoms with Crippen molar-refractivity contribution in [2.75, 3.05) is 37.6 Å². The molecule has 1 fully saturated rings. The zero-order chi connectivity index (χ0) is 21.5. The molecule has 2 aliphatic rings. The third-order valence-corrected chi connectivity index (χ3v) is 6.94. The molecule has 0 bridgehead atoms. The summed E-state index contributed by atoms with van der Waals surface area (Å²) in [6.07, 6.45) is 0.0306. The van der Waals surface area contributed by atoms with Gasteiger partial charge in [-0.2, -0.15) is 0 Å². The van der Waals surface area contributed by atoms with Crippen LogP contribution in [-0.2, 0) is 19.6 Å². The maximum Gasteiger partial charge on any atom is 0.244 e. The Kier molecular flexibility index (Phi) is 5.12. The molecule has 0 saturated carbocycles. The van der Waals surface area contributed by atoms with Gasteiger partial charge in [-0.15, -0.1) is 0 Å². The Morgan fingerprint density at radius 2 is 1.87 bits per heavy atom. The molecule has 1 unspecified atom stereocenters. The normalized spacial score (nSPS) is 18.2. The number of anilines is 2. The molecule has 1 atom stereocenters. The average molecular weight is 431 g/mol. The van der Waals surface area contributed by atoms with Gasteiger partial charge < -0.3 is 19.7 Å². The van der Waals surface area contributed by atoms with Gasteiger partial charge in [0, 0.05) is 38.8 Å². The molecule has 0 aliphatic carbocycles. The van der Waals surface area contributed by atoms with Gasteiger partial charge in [0.2, 0.25) is 28.6 Å². The smallest absolute Gasteiger partial charge is 0.244 e. The first-order valence-corrected chi connectivity index (χ1v) is 10.7. The predicted molar refractivity (Wildman–Crippen MR) is 109 cm³/mol. The SMILES string of the molecule is CN(C)S(=O)(=O)c1ccccc1NC(=O)C1CC(=O)N(c2ccc3c(c2)OCO3)C1. The molecule has 10 heteroatoms. The Balaban J connectivity index is 1.52. The third kappa shape index (κ3) is 3.59. The maximum atomic E-state index is 12.8. The quantitative estimate of drug-likeness (QED) is 0.772. The second-order valence-electron chi connectivity index (χ2n) is 7.22. The van der Waals surface area contributed by atoms with Gasteiger partial charge in [0.15, 0.2) is 11.5 Å². The number of amides is 2. The molecule has 0 aromatic heterocycles. The van der Waals surface area contributed by atoms with E-state index in [4.69, 9.17) is 9.47 Å². The molecule has 2 aromatic carbocycles. The minimum atomic E-state index is -3.73. The van der Waals surface area contributed by atoms with Crippen LogP contribution in [0.2, 0.25) is 0 Å². The second-order valence-corrected chi connectivity index (χ2v) is 9.34. The van der Waals surface area contributed by atoms with Gasteiger partial charge >= 0.3 is 0 Å². The molecule has 2 aromatic rings. The van der Waals surface area contributed by atoms with Crippen molar-refractivity contribution in [3.05, 3.63) is 42.5 Å². The summed E-state index contributed by atoms with van der Waals surface area (Å²) in [5, 5.41) is 2.68. The fourth-order valence-corrected chi connectivity index (χ4v) is 4.45. The van der Waals surface area contributed by atoms with Crippen molar-refractivity contribution in [2.45, 2.75) is 11.3 Å². The number of carbonyl (C=O) groups excluding carboxylic acids is 2. The van der Waals surface area contributed by atoms with Crippen molar-refractivity contribution in [3.63, 3.8) is 0 Å². The van der Waals surface area contributed by atoms with Crippen LogP contribution in [0.15, 0.2) is 47.4 Å². The fourth-order valence-electron chi connectivity index (χ4n) is 3.41. The first-order chi connectivity index (χ1) is 14.3. The van der Waals surface area contributed by atoms with Crippen LogP contribution >= 0.6 is 0 Å². The second kappa shape index (κ2) is 7.62. The lowest BCUT2D eigenvalue weighted by molar-refractivity contribution is -0.122. The molecule has 0 radical (unpaired) electrons. The zero-order valence-electron chi connectivity index (χ0n) is 16.5. The number of nitrogens with one attached hydrogen (secondary N) is 1. The summed E-state index contributed by atoms with van der Waals surface area (Å²) < 4.78 is 36.8. The first kappa shape index (κ1) is 20.2. The Hall–Kier alpha value is -3.11. The summed E-state index contributed by atoms with van der Waals surface area (Å²) in [5.74, 6) is -0.0522. The van der Waals surface area contributed by atoms with E-state index in [9.17, 15) is 18.0 Å². The largest absolute Gasteiger partial charge is 0.454 e. The van der Waals surface area contributed by atoms with Crippen LogP contribution in [0.5, 0.6) is 11.5 Å². The van der Waals surface area contributed by atoms with Gasteiger partial charge in [0.25, 0.3) is 0 Å². The number of para-hydroxylation sites is 1. The lowest BCUT2D eigenvalue weighted by Gasteiger charge is -2.18. The minimum absolute atomic E-state index is 0.000278. The molecule has 2 heterocycles. The fraction of sp³-hybridized carbons (Fsp3) is 0.300. The monoisotopic (exact) mass is 431 g/mol. The van der Waals surface area contributed by atoms with Crippen molar-refractivity contribution in [1.29, 1.82) is 0 Å². The topological polar surface area (TPSA) is 105 Å². The van der Waals surface area contributed by atoms with Crippen molar-refractivity contribution in [3.8, 4) is 11.5 Å². The van der Waals surface area contributed by atoms with Gasteiger partial charge in [-0.3, -0.25) is 9.59 Å². The number of benzene rings is 2. The van der Waals surface area contributed by atoms with E-state index >= 15 is 0 Å². The highest BCUT2D eigenvalue weighted by Gasteiger charge is 2.36. The van der Waals surface area contributed by atoms with E-state index in [-0.39, 0.29) is 36.2 Å². The van der Waals surface area contributed by atoms with Crippen LogP contribution in [0, 0.1) is 5.92 Å². The Bertz CT molecular complexity index is 1120. The molecule has 0 spiro atoms. The molecule has 30 heavy (non-hydrogen) atoms. The molecule has 1 saturated heterocycles. The summed E-state index contributed by atoms with van der Waals surface area (Å²) in [6.45, 7) is 0.319. The Labute approximate surface area is 174 Å². The standard InChI is InChI=1S/C20H21N3O6S/c1-22(2)30(26,27)18-6-4-3-5-15(18)21-20(25)13-9-19(24)23(11-13)14-7-8-16-17(10-14)29-12-28-16/h3-8,10,13H,9,11-12H2,1-2H3,(H,21,25). The van der Waals surface area contributed by atoms with Gasteiger partial charge in [0.05, 0.1) is 11.6 Å². The number of carbonyl (C=O) groups is 2. The summed E-state index contributed by atoms with van der Waals surface area (Å²) in [4.78, 5) is 26.9. The van der Waals surface area contributed by atoms with Crippen LogP contribution in [0.1, 0.15) is 6.42 Å². The number of nitrogens with zero attached hydrogens (tertiary/aromatic N) is 2. The van der Waals surface area contributed by atoms with Gasteiger partial charge in [-0.1, -0.05) is 12.1 Å². The number of hydrogen-bond acceptors (Lipinski definition) is 6. The molecular formula is C20H21N3O6S. The number of rotatable bonds is 5. The van der Waals surface area contributed by atoms with Crippen LogP contribution < -0.4 is 19.7 Å². The predicted octanol–water partition coefficient (Wildman–Crippen LogP) is 1.66. The molecule has 1 N–H and O–H groups in total. The number of hydrogen-bond donors (Lipinski definition) is 1. The third-order valence-electron chi connectivity index (χ3n) is 5.07. The number of ether oxygens (including phenoxy) is 2. The summed E-state index contributed by atoms with van der Waals surface area (Å²) in [7, 11) is -0.885. The lowest BCUT2D eigenvalue weighted by atomic mass is 10.1. The molecule has 9 nitrogen and oxygen atoms in total. The molecule has 2 amide bonds. The zero-order valence-corrected chi connectivity index (χ0v) is 17.3. The first-order valence-electron chi connectivity index (χ1n) is 9.30. The van der Waals surface area contributed by atoms with Gasteiger partial charge in [-0.25, -0.2) is 12.7 Å². The Morgan fingerprint density at radius 3 is 2.63 bits per heavy atom. The van der Waals surface area contributed by atoms with Crippen molar-refractivity contribution in [1.82, 2.24) is 4.31 Å². The van der Waals surface area contributed by atoms with E-state index < -0.39 is 21.8 Å². The van der Waals surface area contributed by atoms with E-state index in [2.05, 4.69) is 5.32 Å². The molecule has 2 aliphatic heterocycles. The van der Waals surface area contributed by atoms with Crippen LogP contribution in [-0.4, -0.2) is 52.0 Å². The highest BCUT2D eigenvalue weighted by Crippen LogP contribution is 2.37. The van der Waals surface area contributed by atoms with Crippen LogP contribution in [0.4, 0.5) is 11.4 Å².